The van der Waals surface area contributed by atoms with E-state index < -0.39 is 12.0 Å². The van der Waals surface area contributed by atoms with Gasteiger partial charge in [-0.15, -0.1) is 0 Å². The fraction of sp³-hybridized carbons (Fsp3) is 0.500. The van der Waals surface area contributed by atoms with Crippen molar-refractivity contribution < 1.29 is 9.90 Å². The Kier molecular flexibility index (Phi) is 3.64. The van der Waals surface area contributed by atoms with Crippen LogP contribution in [0.15, 0.2) is 12.5 Å². The fourth-order valence-corrected chi connectivity index (χ4v) is 1.93. The maximum Gasteiger partial charge on any atom is 0.326 e. The van der Waals surface area contributed by atoms with E-state index in [2.05, 4.69) is 20.4 Å². The Hall–Kier alpha value is -2.18. The van der Waals surface area contributed by atoms with E-state index in [1.54, 1.807) is 17.9 Å². The van der Waals surface area contributed by atoms with Crippen molar-refractivity contribution in [2.75, 3.05) is 5.32 Å². The molecule has 1 atom stereocenters. The van der Waals surface area contributed by atoms with Gasteiger partial charge in [0, 0.05) is 7.05 Å². The summed E-state index contributed by atoms with van der Waals surface area (Å²) in [5, 5.41) is 17.0. The third-order valence-electron chi connectivity index (χ3n) is 2.85. The quantitative estimate of drug-likeness (QED) is 0.844. The van der Waals surface area contributed by atoms with Gasteiger partial charge in [-0.05, 0) is 12.3 Å². The third-order valence-corrected chi connectivity index (χ3v) is 2.85. The topological polar surface area (TPSA) is 92.9 Å². The Morgan fingerprint density at radius 2 is 2.21 bits per heavy atom. The monoisotopic (exact) mass is 263 g/mol. The number of aryl methyl sites for hydroxylation is 1. The second-order valence-electron chi connectivity index (χ2n) is 4.89. The summed E-state index contributed by atoms with van der Waals surface area (Å²) in [4.78, 5) is 19.5. The summed E-state index contributed by atoms with van der Waals surface area (Å²) in [6.45, 7) is 3.97. The molecule has 0 aliphatic rings. The molecule has 0 unspecified atom stereocenters. The molecule has 2 heterocycles. The Labute approximate surface area is 110 Å². The number of nitrogens with zero attached hydrogens (tertiary/aromatic N) is 4. The summed E-state index contributed by atoms with van der Waals surface area (Å²) in [7, 11) is 1.78. The average Bonchev–Trinajstić information content (AvgIpc) is 2.71. The minimum absolute atomic E-state index is 0.278. The summed E-state index contributed by atoms with van der Waals surface area (Å²) in [6, 6.07) is -0.668. The molecular weight excluding hydrogens is 246 g/mol. The van der Waals surface area contributed by atoms with Gasteiger partial charge < -0.3 is 10.4 Å². The first-order valence-electron chi connectivity index (χ1n) is 6.11. The number of aliphatic carboxylic acids is 1. The van der Waals surface area contributed by atoms with Gasteiger partial charge in [0.15, 0.2) is 5.65 Å². The molecule has 7 nitrogen and oxygen atoms in total. The highest BCUT2D eigenvalue weighted by Crippen LogP contribution is 2.20. The maximum atomic E-state index is 11.3. The molecule has 0 spiro atoms. The molecular formula is C12H17N5O2. The lowest BCUT2D eigenvalue weighted by molar-refractivity contribution is -0.138. The van der Waals surface area contributed by atoms with Crippen molar-refractivity contribution in [3.63, 3.8) is 0 Å². The summed E-state index contributed by atoms with van der Waals surface area (Å²) < 4.78 is 1.63. The molecule has 19 heavy (non-hydrogen) atoms. The van der Waals surface area contributed by atoms with E-state index in [0.717, 1.165) is 5.39 Å². The van der Waals surface area contributed by atoms with Gasteiger partial charge in [-0.3, -0.25) is 4.68 Å². The van der Waals surface area contributed by atoms with E-state index in [9.17, 15) is 9.90 Å². The smallest absolute Gasteiger partial charge is 0.326 e. The van der Waals surface area contributed by atoms with Crippen molar-refractivity contribution in [2.45, 2.75) is 26.3 Å². The first-order valence-corrected chi connectivity index (χ1v) is 6.11. The lowest BCUT2D eigenvalue weighted by Gasteiger charge is -2.17. The molecule has 0 saturated heterocycles. The SMILES string of the molecule is CC(C)C[C@H](Nc1ncnc2c1cnn2C)C(=O)O. The summed E-state index contributed by atoms with van der Waals surface area (Å²) in [5.74, 6) is -0.102. The molecule has 0 aromatic carbocycles. The second kappa shape index (κ2) is 5.21. The van der Waals surface area contributed by atoms with Gasteiger partial charge in [0.1, 0.15) is 18.2 Å². The number of fused-ring (bicyclic) bond motifs is 1. The first-order chi connectivity index (χ1) is 8.99. The van der Waals surface area contributed by atoms with Crippen LogP contribution in [-0.4, -0.2) is 36.9 Å². The summed E-state index contributed by atoms with van der Waals surface area (Å²) in [6.07, 6.45) is 3.56. The van der Waals surface area contributed by atoms with Gasteiger partial charge in [0.25, 0.3) is 0 Å². The molecule has 0 aliphatic carbocycles. The van der Waals surface area contributed by atoms with Crippen LogP contribution in [0.1, 0.15) is 20.3 Å². The van der Waals surface area contributed by atoms with E-state index >= 15 is 0 Å². The van der Waals surface area contributed by atoms with Crippen LogP contribution < -0.4 is 5.32 Å². The number of nitrogens with one attached hydrogen (secondary N) is 1. The highest BCUT2D eigenvalue weighted by atomic mass is 16.4. The predicted molar refractivity (Wildman–Crippen MR) is 70.8 cm³/mol. The molecule has 0 amide bonds. The van der Waals surface area contributed by atoms with Gasteiger partial charge in [0.2, 0.25) is 0 Å². The minimum Gasteiger partial charge on any atom is -0.480 e. The number of rotatable bonds is 5. The van der Waals surface area contributed by atoms with Crippen molar-refractivity contribution in [3.05, 3.63) is 12.5 Å². The Morgan fingerprint density at radius 1 is 1.47 bits per heavy atom. The molecule has 0 saturated carbocycles. The van der Waals surface area contributed by atoms with E-state index in [1.165, 1.54) is 6.33 Å². The number of hydrogen-bond donors (Lipinski definition) is 2. The second-order valence-corrected chi connectivity index (χ2v) is 4.89. The Balaban J connectivity index is 2.31. The summed E-state index contributed by atoms with van der Waals surface area (Å²) >= 11 is 0. The van der Waals surface area contributed by atoms with Crippen molar-refractivity contribution in [1.82, 2.24) is 19.7 Å². The van der Waals surface area contributed by atoms with Crippen LogP contribution in [0.2, 0.25) is 0 Å². The molecule has 2 rings (SSSR count). The van der Waals surface area contributed by atoms with Crippen LogP contribution >= 0.6 is 0 Å². The fourth-order valence-electron chi connectivity index (χ4n) is 1.93. The van der Waals surface area contributed by atoms with Crippen LogP contribution in [0.25, 0.3) is 11.0 Å². The zero-order valence-electron chi connectivity index (χ0n) is 11.2. The van der Waals surface area contributed by atoms with Crippen LogP contribution in [-0.2, 0) is 11.8 Å². The van der Waals surface area contributed by atoms with Crippen molar-refractivity contribution in [1.29, 1.82) is 0 Å². The molecule has 2 aromatic heterocycles. The van der Waals surface area contributed by atoms with Gasteiger partial charge in [0.05, 0.1) is 11.6 Å². The Morgan fingerprint density at radius 3 is 2.84 bits per heavy atom. The number of carboxylic acids is 1. The van der Waals surface area contributed by atoms with Crippen LogP contribution in [0.4, 0.5) is 5.82 Å². The lowest BCUT2D eigenvalue weighted by Crippen LogP contribution is -2.31. The highest BCUT2D eigenvalue weighted by molar-refractivity contribution is 5.88. The summed E-state index contributed by atoms with van der Waals surface area (Å²) in [5.41, 5.74) is 0.672. The zero-order valence-corrected chi connectivity index (χ0v) is 11.2. The van der Waals surface area contributed by atoms with Gasteiger partial charge in [-0.25, -0.2) is 14.8 Å². The molecule has 0 aliphatic heterocycles. The van der Waals surface area contributed by atoms with Crippen LogP contribution in [0.3, 0.4) is 0 Å². The number of aromatic nitrogens is 4. The average molecular weight is 263 g/mol. The molecule has 0 bridgehead atoms. The van der Waals surface area contributed by atoms with E-state index in [0.29, 0.717) is 17.9 Å². The molecule has 2 N–H and O–H groups in total. The van der Waals surface area contributed by atoms with Crippen molar-refractivity contribution in [2.24, 2.45) is 13.0 Å². The third kappa shape index (κ3) is 2.81. The van der Waals surface area contributed by atoms with Crippen molar-refractivity contribution in [3.8, 4) is 0 Å². The normalized spacial score (nSPS) is 12.8. The number of hydrogen-bond acceptors (Lipinski definition) is 5. The molecule has 7 heteroatoms. The Bertz CT molecular complexity index is 593. The van der Waals surface area contributed by atoms with Crippen LogP contribution in [0, 0.1) is 5.92 Å². The van der Waals surface area contributed by atoms with Crippen molar-refractivity contribution >= 4 is 22.8 Å². The molecule has 0 fully saturated rings. The van der Waals surface area contributed by atoms with E-state index in [4.69, 9.17) is 0 Å². The number of carboxylic acid groups (broad SMARTS) is 1. The largest absolute Gasteiger partial charge is 0.480 e. The maximum absolute atomic E-state index is 11.3. The molecule has 102 valence electrons. The number of anilines is 1. The first kappa shape index (κ1) is 13.3. The lowest BCUT2D eigenvalue weighted by atomic mass is 10.0. The van der Waals surface area contributed by atoms with Gasteiger partial charge in [-0.1, -0.05) is 13.8 Å². The molecule has 2 aromatic rings. The minimum atomic E-state index is -0.885. The molecule has 0 radical (unpaired) electrons. The zero-order chi connectivity index (χ0) is 14.0. The predicted octanol–water partition coefficient (Wildman–Crippen LogP) is 1.27. The highest BCUT2D eigenvalue weighted by Gasteiger charge is 2.20. The van der Waals surface area contributed by atoms with E-state index in [-0.39, 0.29) is 5.92 Å². The van der Waals surface area contributed by atoms with Gasteiger partial charge in [-0.2, -0.15) is 5.10 Å². The van der Waals surface area contributed by atoms with Crippen LogP contribution in [0.5, 0.6) is 0 Å². The van der Waals surface area contributed by atoms with E-state index in [1.807, 2.05) is 13.8 Å². The standard InChI is InChI=1S/C12H17N5O2/c1-7(2)4-9(12(18)19)16-10-8-5-15-17(3)11(8)14-6-13-10/h5-7,9H,4H2,1-3H3,(H,18,19)(H,13,14,16)/t9-/m0/s1. The number of carbonyl (C=O) groups is 1. The van der Waals surface area contributed by atoms with Gasteiger partial charge >= 0.3 is 5.97 Å².